The summed E-state index contributed by atoms with van der Waals surface area (Å²) in [6.07, 6.45) is 3.74. The van der Waals surface area contributed by atoms with Crippen molar-refractivity contribution in [2.75, 3.05) is 11.9 Å². The molecule has 0 spiro atoms. The molecule has 110 valence electrons. The molecule has 0 saturated heterocycles. The number of thiophene rings is 1. The topological polar surface area (TPSA) is 41.1 Å². The molecule has 1 aromatic heterocycles. The van der Waals surface area contributed by atoms with E-state index in [9.17, 15) is 4.79 Å². The number of fused-ring (bicyclic) bond motifs is 1. The molecular formula is C16H17BrN2OS. The van der Waals surface area contributed by atoms with Crippen LogP contribution in [0, 0.1) is 0 Å². The van der Waals surface area contributed by atoms with Crippen LogP contribution in [-0.2, 0) is 24.2 Å². The number of hydrogen-bond acceptors (Lipinski definition) is 3. The summed E-state index contributed by atoms with van der Waals surface area (Å²) in [5.74, 6) is -0.0126. The molecule has 2 N–H and O–H groups in total. The number of carbonyl (C=O) groups excluding carboxylic acids is 1. The van der Waals surface area contributed by atoms with Crippen LogP contribution in [0.4, 0.5) is 5.69 Å². The zero-order valence-corrected chi connectivity index (χ0v) is 14.0. The fourth-order valence-corrected chi connectivity index (χ4v) is 4.01. The van der Waals surface area contributed by atoms with E-state index >= 15 is 0 Å². The van der Waals surface area contributed by atoms with Gasteiger partial charge in [0.05, 0.1) is 6.54 Å². The predicted octanol–water partition coefficient (Wildman–Crippen LogP) is 3.73. The van der Waals surface area contributed by atoms with Crippen molar-refractivity contribution in [2.45, 2.75) is 25.8 Å². The number of anilines is 1. The lowest BCUT2D eigenvalue weighted by Gasteiger charge is -2.06. The van der Waals surface area contributed by atoms with E-state index in [4.69, 9.17) is 0 Å². The molecule has 0 fully saturated rings. The van der Waals surface area contributed by atoms with E-state index in [-0.39, 0.29) is 5.91 Å². The van der Waals surface area contributed by atoms with Crippen molar-refractivity contribution >= 4 is 38.9 Å². The van der Waals surface area contributed by atoms with Crippen molar-refractivity contribution in [3.8, 4) is 0 Å². The summed E-state index contributed by atoms with van der Waals surface area (Å²) >= 11 is 5.25. The quantitative estimate of drug-likeness (QED) is 0.848. The van der Waals surface area contributed by atoms with Crippen LogP contribution in [0.15, 0.2) is 34.8 Å². The molecule has 21 heavy (non-hydrogen) atoms. The third-order valence-electron chi connectivity index (χ3n) is 3.51. The van der Waals surface area contributed by atoms with Gasteiger partial charge in [0.15, 0.2) is 0 Å². The fourth-order valence-electron chi connectivity index (χ4n) is 2.52. The van der Waals surface area contributed by atoms with Crippen LogP contribution in [0.25, 0.3) is 0 Å². The van der Waals surface area contributed by atoms with Gasteiger partial charge in [-0.3, -0.25) is 4.79 Å². The first-order valence-electron chi connectivity index (χ1n) is 7.07. The van der Waals surface area contributed by atoms with Gasteiger partial charge in [0.2, 0.25) is 5.91 Å². The highest BCUT2D eigenvalue weighted by Gasteiger charge is 2.14. The van der Waals surface area contributed by atoms with E-state index in [1.54, 1.807) is 0 Å². The molecule has 0 atom stereocenters. The lowest BCUT2D eigenvalue weighted by atomic mass is 10.2. The minimum absolute atomic E-state index is 0.0126. The van der Waals surface area contributed by atoms with Crippen molar-refractivity contribution in [1.82, 2.24) is 5.32 Å². The first kappa shape index (κ1) is 14.8. The zero-order valence-electron chi connectivity index (χ0n) is 11.6. The molecule has 0 aliphatic heterocycles. The van der Waals surface area contributed by atoms with Crippen LogP contribution in [0.5, 0.6) is 0 Å². The summed E-state index contributed by atoms with van der Waals surface area (Å²) in [5.41, 5.74) is 2.33. The number of hydrogen-bond donors (Lipinski definition) is 2. The van der Waals surface area contributed by atoms with E-state index in [0.717, 1.165) is 16.7 Å². The third-order valence-corrected chi connectivity index (χ3v) is 5.28. The van der Waals surface area contributed by atoms with E-state index in [0.29, 0.717) is 6.54 Å². The maximum absolute atomic E-state index is 11.8. The van der Waals surface area contributed by atoms with Crippen molar-refractivity contribution < 1.29 is 4.79 Å². The average Bonchev–Trinajstić information content (AvgIpc) is 3.02. The first-order valence-corrected chi connectivity index (χ1v) is 8.68. The van der Waals surface area contributed by atoms with Gasteiger partial charge in [-0.15, -0.1) is 11.3 Å². The molecular weight excluding hydrogens is 348 g/mol. The Morgan fingerprint density at radius 2 is 2.05 bits per heavy atom. The van der Waals surface area contributed by atoms with Gasteiger partial charge in [-0.1, -0.05) is 15.9 Å². The van der Waals surface area contributed by atoms with Crippen LogP contribution in [0.3, 0.4) is 0 Å². The van der Waals surface area contributed by atoms with Gasteiger partial charge in [-0.25, -0.2) is 0 Å². The van der Waals surface area contributed by atoms with Crippen LogP contribution < -0.4 is 10.6 Å². The molecule has 5 heteroatoms. The number of benzene rings is 1. The normalized spacial score (nSPS) is 13.2. The maximum Gasteiger partial charge on any atom is 0.238 e. The van der Waals surface area contributed by atoms with Gasteiger partial charge >= 0.3 is 0 Å². The Labute approximate surface area is 136 Å². The van der Waals surface area contributed by atoms with E-state index in [2.05, 4.69) is 32.6 Å². The molecule has 1 aliphatic rings. The lowest BCUT2D eigenvalue weighted by molar-refractivity contribution is -0.115. The summed E-state index contributed by atoms with van der Waals surface area (Å²) in [4.78, 5) is 14.7. The van der Waals surface area contributed by atoms with Gasteiger partial charge in [0.25, 0.3) is 0 Å². The van der Waals surface area contributed by atoms with Crippen molar-refractivity contribution in [1.29, 1.82) is 0 Å². The largest absolute Gasteiger partial charge is 0.325 e. The summed E-state index contributed by atoms with van der Waals surface area (Å²) < 4.78 is 1.00. The monoisotopic (exact) mass is 364 g/mol. The molecule has 1 amide bonds. The van der Waals surface area contributed by atoms with Gasteiger partial charge in [0.1, 0.15) is 0 Å². The number of halogens is 1. The summed E-state index contributed by atoms with van der Waals surface area (Å²) in [5, 5.41) is 6.09. The molecule has 0 saturated carbocycles. The number of carbonyl (C=O) groups is 1. The van der Waals surface area contributed by atoms with Crippen LogP contribution in [0.1, 0.15) is 21.7 Å². The summed E-state index contributed by atoms with van der Waals surface area (Å²) in [6, 6.07) is 9.87. The Kier molecular flexibility index (Phi) is 4.73. The smallest absolute Gasteiger partial charge is 0.238 e. The van der Waals surface area contributed by atoms with Crippen LogP contribution in [-0.4, -0.2) is 12.5 Å². The van der Waals surface area contributed by atoms with Gasteiger partial charge in [0, 0.05) is 26.5 Å². The standard InChI is InChI=1S/C16H17BrN2OS/c17-12-4-6-13(7-5-12)19-16(20)10-18-9-14-8-11-2-1-3-15(11)21-14/h4-8,18H,1-3,9-10H2,(H,19,20). The summed E-state index contributed by atoms with van der Waals surface area (Å²) in [7, 11) is 0. The highest BCUT2D eigenvalue weighted by atomic mass is 79.9. The van der Waals surface area contributed by atoms with Gasteiger partial charge in [-0.2, -0.15) is 0 Å². The molecule has 3 nitrogen and oxygen atoms in total. The Morgan fingerprint density at radius 1 is 1.24 bits per heavy atom. The second kappa shape index (κ2) is 6.73. The molecule has 0 radical (unpaired) electrons. The van der Waals surface area contributed by atoms with E-state index in [1.165, 1.54) is 34.6 Å². The molecule has 1 aromatic carbocycles. The van der Waals surface area contributed by atoms with Crippen LogP contribution in [0.2, 0.25) is 0 Å². The SMILES string of the molecule is O=C(CNCc1cc2c(s1)CCC2)Nc1ccc(Br)cc1. The number of rotatable bonds is 5. The molecule has 3 rings (SSSR count). The second-order valence-electron chi connectivity index (χ2n) is 5.17. The number of aryl methyl sites for hydroxylation is 2. The van der Waals surface area contributed by atoms with E-state index < -0.39 is 0 Å². The van der Waals surface area contributed by atoms with Crippen molar-refractivity contribution in [3.05, 3.63) is 50.1 Å². The number of nitrogens with one attached hydrogen (secondary N) is 2. The third kappa shape index (κ3) is 3.93. The lowest BCUT2D eigenvalue weighted by Crippen LogP contribution is -2.27. The number of amides is 1. The Hall–Kier alpha value is -1.17. The predicted molar refractivity (Wildman–Crippen MR) is 90.8 cm³/mol. The average molecular weight is 365 g/mol. The Morgan fingerprint density at radius 3 is 2.81 bits per heavy atom. The fraction of sp³-hybridized carbons (Fsp3) is 0.312. The van der Waals surface area contributed by atoms with Gasteiger partial charge in [-0.05, 0) is 55.2 Å². The van der Waals surface area contributed by atoms with Crippen molar-refractivity contribution in [3.63, 3.8) is 0 Å². The maximum atomic E-state index is 11.8. The minimum atomic E-state index is -0.0126. The molecule has 0 bridgehead atoms. The summed E-state index contributed by atoms with van der Waals surface area (Å²) in [6.45, 7) is 1.10. The minimum Gasteiger partial charge on any atom is -0.325 e. The molecule has 2 aromatic rings. The van der Waals surface area contributed by atoms with Gasteiger partial charge < -0.3 is 10.6 Å². The highest BCUT2D eigenvalue weighted by Crippen LogP contribution is 2.30. The molecule has 1 heterocycles. The Balaban J connectivity index is 1.44. The van der Waals surface area contributed by atoms with Crippen molar-refractivity contribution in [2.24, 2.45) is 0 Å². The zero-order chi connectivity index (χ0) is 14.7. The van der Waals surface area contributed by atoms with E-state index in [1.807, 2.05) is 35.6 Å². The second-order valence-corrected chi connectivity index (χ2v) is 7.31. The Bertz CT molecular complexity index is 615. The first-order chi connectivity index (χ1) is 10.2. The molecule has 1 aliphatic carbocycles. The molecule has 0 unspecified atom stereocenters. The van der Waals surface area contributed by atoms with Crippen LogP contribution >= 0.6 is 27.3 Å². The highest BCUT2D eigenvalue weighted by molar-refractivity contribution is 9.10.